The van der Waals surface area contributed by atoms with E-state index in [4.69, 9.17) is 4.74 Å². The molecular formula is C24H18F4N4O3S2. The third-order valence-corrected chi connectivity index (χ3v) is 7.93. The Morgan fingerprint density at radius 3 is 2.49 bits per heavy atom. The van der Waals surface area contributed by atoms with Crippen molar-refractivity contribution in [2.75, 3.05) is 11.3 Å². The summed E-state index contributed by atoms with van der Waals surface area (Å²) in [5, 5.41) is 2.44. The van der Waals surface area contributed by atoms with Crippen molar-refractivity contribution in [2.24, 2.45) is 0 Å². The molecule has 7 nitrogen and oxygen atoms in total. The van der Waals surface area contributed by atoms with Crippen LogP contribution >= 0.6 is 11.3 Å². The number of benzene rings is 2. The van der Waals surface area contributed by atoms with Gasteiger partial charge in [0.05, 0.1) is 40.2 Å². The molecule has 0 saturated heterocycles. The molecular weight excluding hydrogens is 532 g/mol. The maximum Gasteiger partial charge on any atom is 0.416 e. The van der Waals surface area contributed by atoms with Gasteiger partial charge in [-0.1, -0.05) is 12.1 Å². The Balaban J connectivity index is 1.54. The minimum absolute atomic E-state index is 0.136. The molecule has 0 aliphatic carbocycles. The van der Waals surface area contributed by atoms with Crippen molar-refractivity contribution in [3.8, 4) is 17.0 Å². The second-order valence-electron chi connectivity index (χ2n) is 8.27. The molecule has 0 spiro atoms. The Hall–Kier alpha value is -3.58. The highest BCUT2D eigenvalue weighted by Crippen LogP contribution is 2.44. The van der Waals surface area contributed by atoms with E-state index in [0.717, 1.165) is 29.5 Å². The molecule has 192 valence electrons. The number of nitrogens with one attached hydrogen (secondary N) is 1. The Morgan fingerprint density at radius 2 is 1.81 bits per heavy atom. The SMILES string of the molecule is Cc1nc(-c2cc(C(F)(F)F)ccc2[C@@H]2CCOc3cc(S(=O)(=O)Nc4ncc(F)cn4)ccc32)cs1. The van der Waals surface area contributed by atoms with Gasteiger partial charge in [-0.25, -0.2) is 32.5 Å². The number of alkyl halides is 3. The van der Waals surface area contributed by atoms with E-state index >= 15 is 0 Å². The van der Waals surface area contributed by atoms with Gasteiger partial charge in [-0.15, -0.1) is 11.3 Å². The maximum atomic E-state index is 13.5. The molecule has 1 atom stereocenters. The highest BCUT2D eigenvalue weighted by Gasteiger charge is 2.33. The Bertz CT molecular complexity index is 1570. The number of anilines is 1. The predicted molar refractivity (Wildman–Crippen MR) is 128 cm³/mol. The minimum Gasteiger partial charge on any atom is -0.493 e. The van der Waals surface area contributed by atoms with Gasteiger partial charge in [0, 0.05) is 28.5 Å². The molecule has 0 fully saturated rings. The molecule has 2 aromatic carbocycles. The molecule has 37 heavy (non-hydrogen) atoms. The monoisotopic (exact) mass is 550 g/mol. The number of nitrogens with zero attached hydrogens (tertiary/aromatic N) is 3. The molecule has 0 unspecified atom stereocenters. The van der Waals surface area contributed by atoms with E-state index in [1.54, 1.807) is 18.4 Å². The molecule has 4 aromatic rings. The van der Waals surface area contributed by atoms with Crippen molar-refractivity contribution >= 4 is 27.3 Å². The summed E-state index contributed by atoms with van der Waals surface area (Å²) in [5.74, 6) is -1.08. The van der Waals surface area contributed by atoms with Gasteiger partial charge in [-0.3, -0.25) is 0 Å². The Morgan fingerprint density at radius 1 is 1.08 bits per heavy atom. The zero-order valence-electron chi connectivity index (χ0n) is 19.1. The maximum absolute atomic E-state index is 13.5. The topological polar surface area (TPSA) is 94.1 Å². The summed E-state index contributed by atoms with van der Waals surface area (Å²) in [6.07, 6.45) is -2.38. The van der Waals surface area contributed by atoms with Crippen molar-refractivity contribution in [3.63, 3.8) is 0 Å². The summed E-state index contributed by atoms with van der Waals surface area (Å²) < 4.78 is 87.2. The number of aromatic nitrogens is 3. The van der Waals surface area contributed by atoms with Crippen LogP contribution in [0.5, 0.6) is 5.75 Å². The van der Waals surface area contributed by atoms with Crippen LogP contribution in [-0.4, -0.2) is 30.0 Å². The summed E-state index contributed by atoms with van der Waals surface area (Å²) in [7, 11) is -4.12. The standard InChI is InChI=1S/C24H18F4N4O3S2/c1-13-31-21(12-36-13)20-8-14(24(26,27)28)2-4-17(20)18-6-7-35-22-9-16(3-5-19(18)22)37(33,34)32-23-29-10-15(25)11-30-23/h2-5,8-12,18H,6-7H2,1H3,(H,29,30,32)/t18-/m0/s1. The molecule has 1 aliphatic heterocycles. The van der Waals surface area contributed by atoms with E-state index in [0.29, 0.717) is 34.6 Å². The van der Waals surface area contributed by atoms with Crippen LogP contribution < -0.4 is 9.46 Å². The summed E-state index contributed by atoms with van der Waals surface area (Å²) in [6, 6.07) is 7.87. The number of ether oxygens (including phenoxy) is 1. The van der Waals surface area contributed by atoms with E-state index in [9.17, 15) is 26.0 Å². The number of hydrogen-bond acceptors (Lipinski definition) is 7. The average Bonchev–Trinajstić information content (AvgIpc) is 3.30. The zero-order valence-corrected chi connectivity index (χ0v) is 20.7. The molecule has 0 saturated carbocycles. The van der Waals surface area contributed by atoms with Crippen LogP contribution in [0.2, 0.25) is 0 Å². The second-order valence-corrected chi connectivity index (χ2v) is 11.0. The fraction of sp³-hybridized carbons (Fsp3) is 0.208. The van der Waals surface area contributed by atoms with Crippen molar-refractivity contribution in [3.05, 3.63) is 81.7 Å². The third-order valence-electron chi connectivity index (χ3n) is 5.83. The predicted octanol–water partition coefficient (Wildman–Crippen LogP) is 5.78. The largest absolute Gasteiger partial charge is 0.493 e. The lowest BCUT2D eigenvalue weighted by molar-refractivity contribution is -0.137. The number of rotatable bonds is 5. The highest BCUT2D eigenvalue weighted by atomic mass is 32.2. The molecule has 0 radical (unpaired) electrons. The molecule has 1 N–H and O–H groups in total. The Kier molecular flexibility index (Phi) is 6.36. The number of halogens is 4. The first-order valence-electron chi connectivity index (χ1n) is 10.9. The van der Waals surface area contributed by atoms with E-state index in [1.165, 1.54) is 29.5 Å². The average molecular weight is 551 g/mol. The molecule has 2 aromatic heterocycles. The van der Waals surface area contributed by atoms with Crippen LogP contribution in [0.4, 0.5) is 23.5 Å². The van der Waals surface area contributed by atoms with Gasteiger partial charge in [0.15, 0.2) is 5.82 Å². The third kappa shape index (κ3) is 5.14. The molecule has 0 amide bonds. The van der Waals surface area contributed by atoms with Crippen LogP contribution in [-0.2, 0) is 16.2 Å². The fourth-order valence-corrected chi connectivity index (χ4v) is 5.74. The van der Waals surface area contributed by atoms with E-state index < -0.39 is 27.6 Å². The number of hydrogen-bond donors (Lipinski definition) is 1. The van der Waals surface area contributed by atoms with E-state index in [-0.39, 0.29) is 23.4 Å². The second kappa shape index (κ2) is 9.38. The van der Waals surface area contributed by atoms with Gasteiger partial charge in [0.2, 0.25) is 5.95 Å². The van der Waals surface area contributed by atoms with E-state index in [2.05, 4.69) is 19.7 Å². The first-order chi connectivity index (χ1) is 17.5. The quantitative estimate of drug-likeness (QED) is 0.317. The first-order valence-corrected chi connectivity index (χ1v) is 13.3. The number of aryl methyl sites for hydroxylation is 1. The number of sulfonamides is 1. The summed E-state index contributed by atoms with van der Waals surface area (Å²) >= 11 is 1.34. The van der Waals surface area contributed by atoms with Crippen molar-refractivity contribution in [1.29, 1.82) is 0 Å². The lowest BCUT2D eigenvalue weighted by Crippen LogP contribution is -2.19. The van der Waals surface area contributed by atoms with E-state index in [1.807, 2.05) is 0 Å². The van der Waals surface area contributed by atoms with Gasteiger partial charge in [0.25, 0.3) is 10.0 Å². The molecule has 13 heteroatoms. The van der Waals surface area contributed by atoms with Gasteiger partial charge in [0.1, 0.15) is 5.75 Å². The molecule has 0 bridgehead atoms. The zero-order chi connectivity index (χ0) is 26.4. The minimum atomic E-state index is -4.52. The molecule has 3 heterocycles. The lowest BCUT2D eigenvalue weighted by atomic mass is 9.83. The summed E-state index contributed by atoms with van der Waals surface area (Å²) in [5.41, 5.74) is 1.30. The molecule has 1 aliphatic rings. The molecule has 5 rings (SSSR count). The van der Waals surface area contributed by atoms with Crippen molar-refractivity contribution in [1.82, 2.24) is 15.0 Å². The van der Waals surface area contributed by atoms with Crippen LogP contribution in [0.15, 0.2) is 59.1 Å². The van der Waals surface area contributed by atoms with Crippen LogP contribution in [0.3, 0.4) is 0 Å². The normalized spacial score (nSPS) is 15.6. The van der Waals surface area contributed by atoms with Crippen LogP contribution in [0.25, 0.3) is 11.3 Å². The van der Waals surface area contributed by atoms with Gasteiger partial charge in [-0.05, 0) is 37.1 Å². The van der Waals surface area contributed by atoms with Crippen LogP contribution in [0.1, 0.15) is 34.0 Å². The fourth-order valence-electron chi connectivity index (χ4n) is 4.15. The lowest BCUT2D eigenvalue weighted by Gasteiger charge is -2.28. The smallest absolute Gasteiger partial charge is 0.416 e. The highest BCUT2D eigenvalue weighted by molar-refractivity contribution is 7.92. The first kappa shape index (κ1) is 25.1. The van der Waals surface area contributed by atoms with Crippen molar-refractivity contribution in [2.45, 2.75) is 30.3 Å². The summed E-state index contributed by atoms with van der Waals surface area (Å²) in [4.78, 5) is 11.5. The Labute approximate surface area is 213 Å². The summed E-state index contributed by atoms with van der Waals surface area (Å²) in [6.45, 7) is 2.00. The van der Waals surface area contributed by atoms with Crippen LogP contribution in [0, 0.1) is 12.7 Å². The van der Waals surface area contributed by atoms with Crippen molar-refractivity contribution < 1.29 is 30.7 Å². The number of fused-ring (bicyclic) bond motifs is 1. The van der Waals surface area contributed by atoms with Gasteiger partial charge < -0.3 is 4.74 Å². The van der Waals surface area contributed by atoms with Gasteiger partial charge >= 0.3 is 6.18 Å². The van der Waals surface area contributed by atoms with Gasteiger partial charge in [-0.2, -0.15) is 13.2 Å². The number of thiazole rings is 1.